The first kappa shape index (κ1) is 16.0. The highest BCUT2D eigenvalue weighted by molar-refractivity contribution is 8.00. The van der Waals surface area contributed by atoms with Crippen LogP contribution in [0, 0.1) is 0 Å². The van der Waals surface area contributed by atoms with Crippen LogP contribution in [0.1, 0.15) is 39.0 Å². The molecule has 0 aromatic rings. The number of unbranched alkanes of at least 4 members (excludes halogenated alkanes) is 2. The quantitative estimate of drug-likeness (QED) is 0.537. The fraction of sp³-hybridized carbons (Fsp3) is 0.769. The first-order chi connectivity index (χ1) is 9.10. The number of thioether (sulfide) groups is 1. The number of hydrogen-bond acceptors (Lipinski definition) is 4. The van der Waals surface area contributed by atoms with Crippen molar-refractivity contribution in [2.24, 2.45) is 0 Å². The molecule has 1 heterocycles. The van der Waals surface area contributed by atoms with E-state index in [4.69, 9.17) is 0 Å². The monoisotopic (exact) mass is 286 g/mol. The lowest BCUT2D eigenvalue weighted by atomic mass is 10.2. The van der Waals surface area contributed by atoms with Gasteiger partial charge in [-0.15, -0.1) is 0 Å². The smallest absolute Gasteiger partial charge is 0.242 e. The maximum Gasteiger partial charge on any atom is 0.242 e. The second-order valence-electron chi connectivity index (χ2n) is 4.58. The number of carbonyl (C=O) groups is 3. The first-order valence-corrected chi connectivity index (χ1v) is 8.02. The minimum absolute atomic E-state index is 0.0544. The highest BCUT2D eigenvalue weighted by Gasteiger charge is 2.37. The van der Waals surface area contributed by atoms with Crippen LogP contribution in [0.3, 0.4) is 0 Å². The Morgan fingerprint density at radius 2 is 2.11 bits per heavy atom. The predicted molar refractivity (Wildman–Crippen MR) is 75.8 cm³/mol. The fourth-order valence-corrected chi connectivity index (χ4v) is 2.73. The summed E-state index contributed by atoms with van der Waals surface area (Å²) in [6.07, 6.45) is 5.14. The largest absolute Gasteiger partial charge is 0.356 e. The average molecular weight is 286 g/mol. The van der Waals surface area contributed by atoms with Gasteiger partial charge in [-0.3, -0.25) is 19.3 Å². The standard InChI is InChI=1S/C13H22N2O3S/c1-3-14-11(16)7-5-4-6-8-15-12(17)9-10(19-2)13(15)18/h10H,3-9H2,1-2H3,(H,14,16). The summed E-state index contributed by atoms with van der Waals surface area (Å²) in [5.41, 5.74) is 0. The van der Waals surface area contributed by atoms with Crippen molar-refractivity contribution in [1.82, 2.24) is 10.2 Å². The van der Waals surface area contributed by atoms with Crippen molar-refractivity contribution in [3.63, 3.8) is 0 Å². The van der Waals surface area contributed by atoms with E-state index in [-0.39, 0.29) is 23.0 Å². The Hall–Kier alpha value is -1.04. The molecule has 0 spiro atoms. The Bertz CT molecular complexity index is 347. The third-order valence-electron chi connectivity index (χ3n) is 3.15. The van der Waals surface area contributed by atoms with Gasteiger partial charge in [0.25, 0.3) is 0 Å². The molecule has 108 valence electrons. The van der Waals surface area contributed by atoms with Gasteiger partial charge in [0.05, 0.1) is 5.25 Å². The number of nitrogens with one attached hydrogen (secondary N) is 1. The fourth-order valence-electron chi connectivity index (χ4n) is 2.09. The van der Waals surface area contributed by atoms with E-state index in [1.807, 2.05) is 13.2 Å². The van der Waals surface area contributed by atoms with Crippen LogP contribution in [0.4, 0.5) is 0 Å². The highest BCUT2D eigenvalue weighted by Crippen LogP contribution is 2.23. The molecule has 1 rings (SSSR count). The van der Waals surface area contributed by atoms with Crippen LogP contribution >= 0.6 is 11.8 Å². The van der Waals surface area contributed by atoms with Crippen LogP contribution in [-0.4, -0.2) is 47.2 Å². The Morgan fingerprint density at radius 1 is 1.37 bits per heavy atom. The summed E-state index contributed by atoms with van der Waals surface area (Å²) < 4.78 is 0. The molecule has 1 aliphatic heterocycles. The SMILES string of the molecule is CCNC(=O)CCCCCN1C(=O)CC(SC)C1=O. The van der Waals surface area contributed by atoms with E-state index >= 15 is 0 Å². The van der Waals surface area contributed by atoms with Crippen molar-refractivity contribution in [2.75, 3.05) is 19.3 Å². The van der Waals surface area contributed by atoms with Gasteiger partial charge in [-0.2, -0.15) is 11.8 Å². The topological polar surface area (TPSA) is 66.5 Å². The lowest BCUT2D eigenvalue weighted by Gasteiger charge is -2.14. The van der Waals surface area contributed by atoms with E-state index in [0.29, 0.717) is 25.9 Å². The Balaban J connectivity index is 2.18. The predicted octanol–water partition coefficient (Wildman–Crippen LogP) is 1.17. The van der Waals surface area contributed by atoms with Gasteiger partial charge in [-0.25, -0.2) is 0 Å². The second-order valence-corrected chi connectivity index (χ2v) is 5.62. The van der Waals surface area contributed by atoms with Crippen molar-refractivity contribution < 1.29 is 14.4 Å². The number of rotatable bonds is 8. The molecule has 0 saturated carbocycles. The van der Waals surface area contributed by atoms with Crippen LogP contribution in [0.5, 0.6) is 0 Å². The number of imide groups is 1. The zero-order chi connectivity index (χ0) is 14.3. The molecule has 0 bridgehead atoms. The third kappa shape index (κ3) is 4.86. The number of amides is 3. The molecule has 1 saturated heterocycles. The lowest BCUT2D eigenvalue weighted by molar-refractivity contribution is -0.138. The van der Waals surface area contributed by atoms with Crippen LogP contribution in [0.2, 0.25) is 0 Å². The lowest BCUT2D eigenvalue weighted by Crippen LogP contribution is -2.32. The van der Waals surface area contributed by atoms with Crippen LogP contribution < -0.4 is 5.32 Å². The maximum atomic E-state index is 11.8. The molecule has 6 heteroatoms. The van der Waals surface area contributed by atoms with Gasteiger partial charge in [0.15, 0.2) is 0 Å². The van der Waals surface area contributed by atoms with Crippen molar-refractivity contribution in [3.8, 4) is 0 Å². The minimum atomic E-state index is -0.192. The molecule has 1 aliphatic rings. The summed E-state index contributed by atoms with van der Waals surface area (Å²) >= 11 is 1.44. The van der Waals surface area contributed by atoms with Crippen molar-refractivity contribution in [2.45, 2.75) is 44.3 Å². The van der Waals surface area contributed by atoms with E-state index in [1.165, 1.54) is 16.7 Å². The third-order valence-corrected chi connectivity index (χ3v) is 4.08. The first-order valence-electron chi connectivity index (χ1n) is 6.73. The zero-order valence-corrected chi connectivity index (χ0v) is 12.4. The van der Waals surface area contributed by atoms with E-state index in [2.05, 4.69) is 5.32 Å². The zero-order valence-electron chi connectivity index (χ0n) is 11.6. The van der Waals surface area contributed by atoms with E-state index in [1.54, 1.807) is 0 Å². The van der Waals surface area contributed by atoms with Gasteiger partial charge in [0.2, 0.25) is 17.7 Å². The Kier molecular flexibility index (Phi) is 6.91. The van der Waals surface area contributed by atoms with Gasteiger partial charge in [-0.05, 0) is 26.0 Å². The van der Waals surface area contributed by atoms with Gasteiger partial charge in [0, 0.05) is 25.9 Å². The molecule has 1 fully saturated rings. The number of hydrogen-bond donors (Lipinski definition) is 1. The molecule has 5 nitrogen and oxygen atoms in total. The van der Waals surface area contributed by atoms with Gasteiger partial charge in [0.1, 0.15) is 0 Å². The molecule has 1 N–H and O–H groups in total. The molecule has 0 radical (unpaired) electrons. The Morgan fingerprint density at radius 3 is 2.68 bits per heavy atom. The molecular weight excluding hydrogens is 264 g/mol. The summed E-state index contributed by atoms with van der Waals surface area (Å²) in [6.45, 7) is 3.04. The summed E-state index contributed by atoms with van der Waals surface area (Å²) in [6, 6.07) is 0. The van der Waals surface area contributed by atoms with Gasteiger partial charge < -0.3 is 5.32 Å². The molecule has 0 aromatic carbocycles. The molecular formula is C13H22N2O3S. The summed E-state index contributed by atoms with van der Waals surface area (Å²) in [7, 11) is 0. The van der Waals surface area contributed by atoms with Crippen molar-refractivity contribution in [3.05, 3.63) is 0 Å². The molecule has 19 heavy (non-hydrogen) atoms. The summed E-state index contributed by atoms with van der Waals surface area (Å²) in [4.78, 5) is 36.0. The molecule has 3 amide bonds. The number of likely N-dealkylation sites (tertiary alicyclic amines) is 1. The van der Waals surface area contributed by atoms with Crippen molar-refractivity contribution >= 4 is 29.5 Å². The van der Waals surface area contributed by atoms with Crippen LogP contribution in [-0.2, 0) is 14.4 Å². The van der Waals surface area contributed by atoms with Gasteiger partial charge >= 0.3 is 0 Å². The molecule has 0 aromatic heterocycles. The van der Waals surface area contributed by atoms with E-state index in [0.717, 1.165) is 19.3 Å². The van der Waals surface area contributed by atoms with Crippen LogP contribution in [0.15, 0.2) is 0 Å². The summed E-state index contributed by atoms with van der Waals surface area (Å²) in [5, 5.41) is 2.55. The maximum absolute atomic E-state index is 11.8. The van der Waals surface area contributed by atoms with E-state index < -0.39 is 0 Å². The van der Waals surface area contributed by atoms with Gasteiger partial charge in [-0.1, -0.05) is 6.42 Å². The Labute approximate surface area is 118 Å². The molecule has 0 aliphatic carbocycles. The second kappa shape index (κ2) is 8.19. The normalized spacial score (nSPS) is 19.1. The number of carbonyl (C=O) groups excluding carboxylic acids is 3. The average Bonchev–Trinajstić information content (AvgIpc) is 2.65. The summed E-state index contributed by atoms with van der Waals surface area (Å²) in [5.74, 6) is -0.0485. The number of nitrogens with zero attached hydrogens (tertiary/aromatic N) is 1. The van der Waals surface area contributed by atoms with Crippen LogP contribution in [0.25, 0.3) is 0 Å². The highest BCUT2D eigenvalue weighted by atomic mass is 32.2. The molecule has 1 unspecified atom stereocenters. The molecule has 1 atom stereocenters. The van der Waals surface area contributed by atoms with Crippen molar-refractivity contribution in [1.29, 1.82) is 0 Å². The van der Waals surface area contributed by atoms with E-state index in [9.17, 15) is 14.4 Å². The minimum Gasteiger partial charge on any atom is -0.356 e.